The van der Waals surface area contributed by atoms with Gasteiger partial charge in [-0.05, 0) is 61.1 Å². The van der Waals surface area contributed by atoms with E-state index >= 15 is 0 Å². The maximum absolute atomic E-state index is 13.0. The van der Waals surface area contributed by atoms with Gasteiger partial charge in [-0.1, -0.05) is 42.5 Å². The normalized spacial score (nSPS) is 15.4. The van der Waals surface area contributed by atoms with Crippen LogP contribution >= 0.6 is 0 Å². The third-order valence-corrected chi connectivity index (χ3v) is 5.09. The van der Waals surface area contributed by atoms with Crippen LogP contribution in [0.2, 0.25) is 0 Å². The first-order chi connectivity index (χ1) is 15.4. The van der Waals surface area contributed by atoms with E-state index in [2.05, 4.69) is 10.2 Å². The SMILES string of the molecule is CN(C)Cc1ccc(N=C(c2ccccc2)C2C(=O)Nc3ccc(OC(=O)O)cc32)cc1. The fourth-order valence-corrected chi connectivity index (χ4v) is 3.76. The van der Waals surface area contributed by atoms with Gasteiger partial charge in [0, 0.05) is 12.2 Å². The molecule has 1 heterocycles. The number of carbonyl (C=O) groups is 2. The van der Waals surface area contributed by atoms with Crippen LogP contribution < -0.4 is 10.1 Å². The minimum absolute atomic E-state index is 0.151. The number of fused-ring (bicyclic) bond motifs is 1. The Balaban J connectivity index is 1.78. The molecule has 3 aromatic rings. The Bertz CT molecular complexity index is 1170. The third-order valence-electron chi connectivity index (χ3n) is 5.09. The van der Waals surface area contributed by atoms with Crippen molar-refractivity contribution in [1.29, 1.82) is 0 Å². The van der Waals surface area contributed by atoms with Gasteiger partial charge in [-0.2, -0.15) is 0 Å². The Morgan fingerprint density at radius 1 is 1.06 bits per heavy atom. The second-order valence-corrected chi connectivity index (χ2v) is 7.81. The first-order valence-electron chi connectivity index (χ1n) is 10.1. The van der Waals surface area contributed by atoms with E-state index in [0.29, 0.717) is 17.0 Å². The summed E-state index contributed by atoms with van der Waals surface area (Å²) >= 11 is 0. The number of aliphatic imine (C=N–C) groups is 1. The lowest BCUT2D eigenvalue weighted by molar-refractivity contribution is -0.115. The van der Waals surface area contributed by atoms with Gasteiger partial charge in [0.2, 0.25) is 5.91 Å². The van der Waals surface area contributed by atoms with Gasteiger partial charge >= 0.3 is 6.16 Å². The lowest BCUT2D eigenvalue weighted by Gasteiger charge is -2.15. The van der Waals surface area contributed by atoms with E-state index in [1.54, 1.807) is 12.1 Å². The van der Waals surface area contributed by atoms with Crippen LogP contribution in [-0.2, 0) is 11.3 Å². The van der Waals surface area contributed by atoms with Crippen LogP contribution in [0.1, 0.15) is 22.6 Å². The molecular formula is C25H23N3O4. The van der Waals surface area contributed by atoms with Crippen LogP contribution in [0.5, 0.6) is 5.75 Å². The van der Waals surface area contributed by atoms with E-state index in [1.165, 1.54) is 6.07 Å². The lowest BCUT2D eigenvalue weighted by Crippen LogP contribution is -2.22. The number of carboxylic acid groups (broad SMARTS) is 1. The van der Waals surface area contributed by atoms with Crippen molar-refractivity contribution in [3.63, 3.8) is 0 Å². The highest BCUT2D eigenvalue weighted by Crippen LogP contribution is 2.38. The average Bonchev–Trinajstić information content (AvgIpc) is 3.08. The Kier molecular flexibility index (Phi) is 6.00. The number of hydrogen-bond acceptors (Lipinski definition) is 5. The molecule has 0 spiro atoms. The zero-order chi connectivity index (χ0) is 22.7. The van der Waals surface area contributed by atoms with E-state index in [-0.39, 0.29) is 11.7 Å². The number of amides is 1. The van der Waals surface area contributed by atoms with E-state index < -0.39 is 12.1 Å². The maximum atomic E-state index is 13.0. The number of rotatable bonds is 6. The van der Waals surface area contributed by atoms with Crippen LogP contribution in [0.4, 0.5) is 16.2 Å². The summed E-state index contributed by atoms with van der Waals surface area (Å²) < 4.78 is 4.81. The predicted molar refractivity (Wildman–Crippen MR) is 123 cm³/mol. The number of nitrogens with zero attached hydrogens (tertiary/aromatic N) is 2. The fourth-order valence-electron chi connectivity index (χ4n) is 3.76. The molecule has 1 aliphatic heterocycles. The van der Waals surface area contributed by atoms with Gasteiger partial charge in [0.05, 0.1) is 11.4 Å². The van der Waals surface area contributed by atoms with E-state index in [9.17, 15) is 9.59 Å². The zero-order valence-corrected chi connectivity index (χ0v) is 17.8. The van der Waals surface area contributed by atoms with Crippen molar-refractivity contribution in [2.75, 3.05) is 19.4 Å². The molecule has 7 nitrogen and oxygen atoms in total. The fraction of sp³-hybridized carbons (Fsp3) is 0.160. The molecular weight excluding hydrogens is 406 g/mol. The number of anilines is 1. The van der Waals surface area contributed by atoms with Crippen LogP contribution in [0, 0.1) is 0 Å². The van der Waals surface area contributed by atoms with Crippen molar-refractivity contribution in [1.82, 2.24) is 4.90 Å². The van der Waals surface area contributed by atoms with E-state index in [0.717, 1.165) is 23.4 Å². The molecule has 0 aromatic heterocycles. The van der Waals surface area contributed by atoms with Crippen LogP contribution in [0.15, 0.2) is 77.8 Å². The van der Waals surface area contributed by atoms with Crippen molar-refractivity contribution in [2.24, 2.45) is 4.99 Å². The van der Waals surface area contributed by atoms with Gasteiger partial charge in [0.1, 0.15) is 11.7 Å². The Labute approximate surface area is 186 Å². The topological polar surface area (TPSA) is 91.2 Å². The summed E-state index contributed by atoms with van der Waals surface area (Å²) in [6, 6.07) is 22.1. The standard InChI is InChI=1S/C25H23N3O4/c1-28(2)15-16-8-10-18(11-9-16)26-23(17-6-4-3-5-7-17)22-20-14-19(32-25(30)31)12-13-21(20)27-24(22)29/h3-14,22H,15H2,1-2H3,(H,27,29)(H,30,31). The molecule has 1 unspecified atom stereocenters. The molecule has 2 N–H and O–H groups in total. The van der Waals surface area contributed by atoms with Gasteiger partial charge in [0.25, 0.3) is 0 Å². The maximum Gasteiger partial charge on any atom is 0.511 e. The van der Waals surface area contributed by atoms with Crippen molar-refractivity contribution in [3.8, 4) is 5.75 Å². The number of nitrogens with one attached hydrogen (secondary N) is 1. The third kappa shape index (κ3) is 4.68. The highest BCUT2D eigenvalue weighted by atomic mass is 16.7. The van der Waals surface area contributed by atoms with Crippen molar-refractivity contribution in [3.05, 3.63) is 89.5 Å². The summed E-state index contributed by atoms with van der Waals surface area (Å²) in [4.78, 5) is 30.9. The predicted octanol–water partition coefficient (Wildman–Crippen LogP) is 4.66. The summed E-state index contributed by atoms with van der Waals surface area (Å²) in [5.41, 5.74) is 4.51. The number of hydrogen-bond donors (Lipinski definition) is 2. The van der Waals surface area contributed by atoms with Crippen LogP contribution in [0.25, 0.3) is 0 Å². The van der Waals surface area contributed by atoms with Gasteiger partial charge in [0.15, 0.2) is 0 Å². The molecule has 0 saturated carbocycles. The highest BCUT2D eigenvalue weighted by molar-refractivity contribution is 6.24. The zero-order valence-electron chi connectivity index (χ0n) is 17.8. The number of ether oxygens (including phenoxy) is 1. The largest absolute Gasteiger partial charge is 0.511 e. The van der Waals surface area contributed by atoms with Gasteiger partial charge < -0.3 is 20.1 Å². The summed E-state index contributed by atoms with van der Waals surface area (Å²) in [5, 5.41) is 11.8. The molecule has 7 heteroatoms. The average molecular weight is 429 g/mol. The van der Waals surface area contributed by atoms with E-state index in [1.807, 2.05) is 68.7 Å². The molecule has 0 aliphatic carbocycles. The van der Waals surface area contributed by atoms with Gasteiger partial charge in [-0.3, -0.25) is 9.79 Å². The molecule has 0 fully saturated rings. The molecule has 0 radical (unpaired) electrons. The molecule has 1 aliphatic rings. The molecule has 1 atom stereocenters. The summed E-state index contributed by atoms with van der Waals surface area (Å²) in [7, 11) is 4.02. The second-order valence-electron chi connectivity index (χ2n) is 7.81. The summed E-state index contributed by atoms with van der Waals surface area (Å²) in [5.74, 6) is -0.774. The minimum atomic E-state index is -1.41. The Morgan fingerprint density at radius 2 is 1.78 bits per heavy atom. The summed E-state index contributed by atoms with van der Waals surface area (Å²) in [6.07, 6.45) is -1.41. The second kappa shape index (κ2) is 9.03. The van der Waals surface area contributed by atoms with Crippen LogP contribution in [-0.4, -0.2) is 41.9 Å². The number of benzene rings is 3. The first-order valence-corrected chi connectivity index (χ1v) is 10.1. The quantitative estimate of drug-likeness (QED) is 0.338. The van der Waals surface area contributed by atoms with Gasteiger partial charge in [-0.25, -0.2) is 4.79 Å². The molecule has 32 heavy (non-hydrogen) atoms. The number of carbonyl (C=O) groups excluding carboxylic acids is 1. The summed E-state index contributed by atoms with van der Waals surface area (Å²) in [6.45, 7) is 0.820. The van der Waals surface area contributed by atoms with Crippen molar-refractivity contribution >= 4 is 29.1 Å². The molecule has 0 bridgehead atoms. The lowest BCUT2D eigenvalue weighted by atomic mass is 9.90. The molecule has 4 rings (SSSR count). The van der Waals surface area contributed by atoms with Crippen molar-refractivity contribution in [2.45, 2.75) is 12.5 Å². The van der Waals surface area contributed by atoms with E-state index in [4.69, 9.17) is 14.8 Å². The molecule has 162 valence electrons. The van der Waals surface area contributed by atoms with Crippen LogP contribution in [0.3, 0.4) is 0 Å². The molecule has 0 saturated heterocycles. The minimum Gasteiger partial charge on any atom is -0.449 e. The smallest absolute Gasteiger partial charge is 0.449 e. The molecule has 3 aromatic carbocycles. The highest BCUT2D eigenvalue weighted by Gasteiger charge is 2.36. The van der Waals surface area contributed by atoms with Gasteiger partial charge in [-0.15, -0.1) is 0 Å². The van der Waals surface area contributed by atoms with Crippen molar-refractivity contribution < 1.29 is 19.4 Å². The first kappa shape index (κ1) is 21.3. The monoisotopic (exact) mass is 429 g/mol. The Morgan fingerprint density at radius 3 is 2.44 bits per heavy atom. The molecule has 1 amide bonds. The Hall–Kier alpha value is -3.97.